The Kier molecular flexibility index (Phi) is 40.5. The van der Waals surface area contributed by atoms with E-state index >= 15 is 0 Å². The largest absolute Gasteiger partial charge is 1.00 e. The van der Waals surface area contributed by atoms with Crippen LogP contribution in [0.4, 0.5) is 0 Å². The summed E-state index contributed by atoms with van der Waals surface area (Å²) >= 11 is 0. The first-order valence-electron chi connectivity index (χ1n) is 2.86. The molecule has 0 aromatic rings. The van der Waals surface area contributed by atoms with Crippen LogP contribution in [0.2, 0.25) is 0 Å². The van der Waals surface area contributed by atoms with E-state index in [0.29, 0.717) is 0 Å². The van der Waals surface area contributed by atoms with Crippen LogP contribution < -0.4 is 112 Å². The molecule has 0 aliphatic rings. The SMILES string of the molecule is CO[Si]([O-])OC.CO[Si]([O-])OC.[K+].[K+]. The molecule has 6 nitrogen and oxygen atoms in total. The van der Waals surface area contributed by atoms with E-state index in [1.54, 1.807) is 0 Å². The third-order valence-corrected chi connectivity index (χ3v) is 2.00. The van der Waals surface area contributed by atoms with Crippen molar-refractivity contribution < 1.29 is 130 Å². The summed E-state index contributed by atoms with van der Waals surface area (Å²) in [6, 6.07) is 0. The predicted octanol–water partition coefficient (Wildman–Crippen LogP) is -8.74. The van der Waals surface area contributed by atoms with Crippen LogP contribution in [0.1, 0.15) is 0 Å². The predicted molar refractivity (Wildman–Crippen MR) is 39.5 cm³/mol. The fraction of sp³-hybridized carbons (Fsp3) is 1.00. The number of rotatable bonds is 4. The van der Waals surface area contributed by atoms with Crippen molar-refractivity contribution in [2.45, 2.75) is 0 Å². The molecule has 10 heteroatoms. The van der Waals surface area contributed by atoms with E-state index in [1.165, 1.54) is 28.4 Å². The first-order chi connectivity index (χ1) is 5.62. The normalized spacial score (nSPS) is 8.57. The molecule has 0 aliphatic carbocycles. The van der Waals surface area contributed by atoms with Gasteiger partial charge in [0.1, 0.15) is 0 Å². The van der Waals surface area contributed by atoms with E-state index in [0.717, 1.165) is 0 Å². The zero-order valence-electron chi connectivity index (χ0n) is 9.45. The summed E-state index contributed by atoms with van der Waals surface area (Å²) in [4.78, 5) is 19.8. The Labute approximate surface area is 173 Å². The molecule has 0 saturated carbocycles. The molecule has 0 aromatic heterocycles. The zero-order valence-corrected chi connectivity index (χ0v) is 17.7. The van der Waals surface area contributed by atoms with Gasteiger partial charge in [-0.2, -0.15) is 0 Å². The van der Waals surface area contributed by atoms with Crippen molar-refractivity contribution in [1.29, 1.82) is 0 Å². The fourth-order valence-corrected chi connectivity index (χ4v) is 0.500. The van der Waals surface area contributed by atoms with Gasteiger partial charge in [0.2, 0.25) is 0 Å². The fourth-order valence-electron chi connectivity index (χ4n) is 0.167. The van der Waals surface area contributed by atoms with Crippen molar-refractivity contribution in [1.82, 2.24) is 0 Å². The second kappa shape index (κ2) is 21.7. The van der Waals surface area contributed by atoms with Crippen LogP contribution in [0.25, 0.3) is 0 Å². The molecular formula is C4H12K2O6Si2. The van der Waals surface area contributed by atoms with E-state index in [-0.39, 0.29) is 103 Å². The van der Waals surface area contributed by atoms with Crippen molar-refractivity contribution in [3.05, 3.63) is 0 Å². The summed E-state index contributed by atoms with van der Waals surface area (Å²) in [6.07, 6.45) is 0. The molecule has 0 aliphatic heterocycles. The van der Waals surface area contributed by atoms with E-state index in [4.69, 9.17) is 0 Å². The molecule has 0 rings (SSSR count). The Hall–Kier alpha value is 3.47. The van der Waals surface area contributed by atoms with Crippen LogP contribution in [-0.4, -0.2) is 47.5 Å². The summed E-state index contributed by atoms with van der Waals surface area (Å²) in [6.45, 7) is 0. The standard InChI is InChI=1S/2C2H6O3Si.2K/c2*1-4-6(3)5-2;;/h2*1-2H3;;/q2*-1;2*+1. The molecule has 0 amide bonds. The first kappa shape index (κ1) is 26.1. The Morgan fingerprint density at radius 1 is 0.643 bits per heavy atom. The number of hydrogen-bond acceptors (Lipinski definition) is 6. The zero-order chi connectivity index (χ0) is 9.98. The molecular weight excluding hydrogens is 278 g/mol. The van der Waals surface area contributed by atoms with Crippen LogP contribution in [0, 0.1) is 0 Å². The van der Waals surface area contributed by atoms with Crippen LogP contribution in [0.3, 0.4) is 0 Å². The van der Waals surface area contributed by atoms with Gasteiger partial charge in [0.25, 0.3) is 19.1 Å². The smallest absolute Gasteiger partial charge is 0.817 e. The van der Waals surface area contributed by atoms with Gasteiger partial charge in [-0.05, 0) is 0 Å². The van der Waals surface area contributed by atoms with Gasteiger partial charge in [0, 0.05) is 28.4 Å². The van der Waals surface area contributed by atoms with E-state index in [2.05, 4.69) is 17.7 Å². The monoisotopic (exact) mass is 290 g/mol. The van der Waals surface area contributed by atoms with Gasteiger partial charge >= 0.3 is 103 Å². The van der Waals surface area contributed by atoms with Crippen molar-refractivity contribution >= 4 is 19.1 Å². The summed E-state index contributed by atoms with van der Waals surface area (Å²) in [7, 11) is 1.12. The third-order valence-electron chi connectivity index (χ3n) is 0.667. The Bertz CT molecular complexity index is 74.2. The van der Waals surface area contributed by atoms with Gasteiger partial charge < -0.3 is 27.3 Å². The topological polar surface area (TPSA) is 83.0 Å². The quantitative estimate of drug-likeness (QED) is 0.478. The molecule has 0 unspecified atom stereocenters. The molecule has 0 heterocycles. The molecule has 0 N–H and O–H groups in total. The van der Waals surface area contributed by atoms with Gasteiger partial charge in [-0.25, -0.2) is 0 Å². The molecule has 0 atom stereocenters. The van der Waals surface area contributed by atoms with E-state index in [1.807, 2.05) is 0 Å². The maximum Gasteiger partial charge on any atom is 1.00 e. The molecule has 14 heavy (non-hydrogen) atoms. The van der Waals surface area contributed by atoms with Crippen LogP contribution >= 0.6 is 0 Å². The summed E-state index contributed by atoms with van der Waals surface area (Å²) in [5.74, 6) is 0. The maximum absolute atomic E-state index is 9.92. The third kappa shape index (κ3) is 24.6. The first-order valence-corrected chi connectivity index (χ1v) is 5.31. The molecule has 0 saturated heterocycles. The van der Waals surface area contributed by atoms with Gasteiger partial charge in [0.05, 0.1) is 0 Å². The minimum absolute atomic E-state index is 0. The molecule has 2 radical (unpaired) electrons. The molecule has 74 valence electrons. The molecule has 0 fully saturated rings. The number of hydrogen-bond donors (Lipinski definition) is 0. The van der Waals surface area contributed by atoms with Crippen LogP contribution in [-0.2, 0) is 17.7 Å². The average Bonchev–Trinajstić information content (AvgIpc) is 2.16. The Morgan fingerprint density at radius 2 is 0.786 bits per heavy atom. The Balaban J connectivity index is -0.0000000625. The molecule has 0 bridgehead atoms. The summed E-state index contributed by atoms with van der Waals surface area (Å²) < 4.78 is 16.9. The van der Waals surface area contributed by atoms with Gasteiger partial charge in [-0.15, -0.1) is 0 Å². The molecule has 0 aromatic carbocycles. The summed E-state index contributed by atoms with van der Waals surface area (Å²) in [5, 5.41) is 0. The van der Waals surface area contributed by atoms with Crippen LogP contribution in [0.5, 0.6) is 0 Å². The van der Waals surface area contributed by atoms with Crippen molar-refractivity contribution in [3.63, 3.8) is 0 Å². The van der Waals surface area contributed by atoms with Gasteiger partial charge in [0.15, 0.2) is 0 Å². The second-order valence-electron chi connectivity index (χ2n) is 1.32. The van der Waals surface area contributed by atoms with Crippen molar-refractivity contribution in [3.8, 4) is 0 Å². The molecule has 0 spiro atoms. The van der Waals surface area contributed by atoms with Crippen molar-refractivity contribution in [2.24, 2.45) is 0 Å². The van der Waals surface area contributed by atoms with Crippen molar-refractivity contribution in [2.75, 3.05) is 28.4 Å². The second-order valence-corrected chi connectivity index (χ2v) is 3.95. The van der Waals surface area contributed by atoms with Gasteiger partial charge in [-0.1, -0.05) is 0 Å². The summed E-state index contributed by atoms with van der Waals surface area (Å²) in [5.41, 5.74) is 0. The van der Waals surface area contributed by atoms with E-state index < -0.39 is 19.1 Å². The average molecular weight is 291 g/mol. The van der Waals surface area contributed by atoms with Gasteiger partial charge in [-0.3, -0.25) is 0 Å². The minimum atomic E-state index is -2.12. The van der Waals surface area contributed by atoms with Crippen LogP contribution in [0.15, 0.2) is 0 Å². The minimum Gasteiger partial charge on any atom is -0.817 e. The maximum atomic E-state index is 9.92. The Morgan fingerprint density at radius 3 is 0.786 bits per heavy atom. The van der Waals surface area contributed by atoms with E-state index in [9.17, 15) is 9.59 Å².